The zero-order valence-corrected chi connectivity index (χ0v) is 7.92. The van der Waals surface area contributed by atoms with E-state index in [1.54, 1.807) is 5.57 Å². The second kappa shape index (κ2) is 3.21. The van der Waals surface area contributed by atoms with Gasteiger partial charge in [-0.1, -0.05) is 18.6 Å². The van der Waals surface area contributed by atoms with Crippen molar-refractivity contribution in [3.63, 3.8) is 0 Å². The summed E-state index contributed by atoms with van der Waals surface area (Å²) in [5.41, 5.74) is 7.71. The van der Waals surface area contributed by atoms with Crippen LogP contribution in [0.25, 0.3) is 0 Å². The van der Waals surface area contributed by atoms with Gasteiger partial charge in [0.05, 0.1) is 0 Å². The predicted molar refractivity (Wildman–Crippen MR) is 51.8 cm³/mol. The van der Waals surface area contributed by atoms with Crippen LogP contribution in [-0.4, -0.2) is 6.04 Å². The van der Waals surface area contributed by atoms with Crippen molar-refractivity contribution in [2.75, 3.05) is 0 Å². The molecule has 1 fully saturated rings. The molecular weight excluding hydrogens is 146 g/mol. The van der Waals surface area contributed by atoms with Gasteiger partial charge < -0.3 is 5.73 Å². The molecule has 0 heterocycles. The molecule has 0 aromatic carbocycles. The molecule has 0 amide bonds. The van der Waals surface area contributed by atoms with Crippen LogP contribution in [0.5, 0.6) is 0 Å². The molecule has 0 radical (unpaired) electrons. The average molecular weight is 165 g/mol. The van der Waals surface area contributed by atoms with Gasteiger partial charge >= 0.3 is 0 Å². The second-order valence-corrected chi connectivity index (χ2v) is 4.57. The van der Waals surface area contributed by atoms with Crippen molar-refractivity contribution >= 4 is 0 Å². The maximum Gasteiger partial charge on any atom is 0.00392 e. The molecule has 68 valence electrons. The van der Waals surface area contributed by atoms with E-state index in [0.717, 1.165) is 11.8 Å². The standard InChI is InChI=1S/C11H19N/c1-8-2-4-11(12)5-3-9-7-10(9)6-8/h7-9,11H,2-6,12H2,1H3/t8-,9-,11-/m1/s1. The summed E-state index contributed by atoms with van der Waals surface area (Å²) in [6.45, 7) is 2.36. The number of rotatable bonds is 0. The molecule has 0 spiro atoms. The van der Waals surface area contributed by atoms with Crippen molar-refractivity contribution in [3.05, 3.63) is 11.6 Å². The van der Waals surface area contributed by atoms with Crippen molar-refractivity contribution in [1.82, 2.24) is 0 Å². The first-order valence-electron chi connectivity index (χ1n) is 5.22. The molecule has 0 aromatic rings. The van der Waals surface area contributed by atoms with E-state index in [2.05, 4.69) is 13.0 Å². The quantitative estimate of drug-likeness (QED) is 0.548. The lowest BCUT2D eigenvalue weighted by Gasteiger charge is -2.12. The van der Waals surface area contributed by atoms with Gasteiger partial charge in [0.1, 0.15) is 0 Å². The fourth-order valence-corrected chi connectivity index (χ4v) is 2.24. The van der Waals surface area contributed by atoms with Gasteiger partial charge in [0.15, 0.2) is 0 Å². The highest BCUT2D eigenvalue weighted by Gasteiger charge is 2.27. The number of fused-ring (bicyclic) bond motifs is 1. The van der Waals surface area contributed by atoms with Crippen LogP contribution in [-0.2, 0) is 0 Å². The second-order valence-electron chi connectivity index (χ2n) is 4.57. The van der Waals surface area contributed by atoms with Gasteiger partial charge in [0, 0.05) is 6.04 Å². The summed E-state index contributed by atoms with van der Waals surface area (Å²) in [5.74, 6) is 1.72. The Morgan fingerprint density at radius 1 is 1.25 bits per heavy atom. The van der Waals surface area contributed by atoms with Gasteiger partial charge in [-0.3, -0.25) is 0 Å². The highest BCUT2D eigenvalue weighted by molar-refractivity contribution is 5.29. The lowest BCUT2D eigenvalue weighted by Crippen LogP contribution is -2.20. The number of hydrogen-bond acceptors (Lipinski definition) is 1. The lowest BCUT2D eigenvalue weighted by molar-refractivity contribution is 0.463. The summed E-state index contributed by atoms with van der Waals surface area (Å²) in [4.78, 5) is 0. The molecule has 0 aliphatic heterocycles. The molecule has 3 atom stereocenters. The van der Waals surface area contributed by atoms with Crippen LogP contribution in [0.2, 0.25) is 0 Å². The van der Waals surface area contributed by atoms with Crippen LogP contribution in [0.4, 0.5) is 0 Å². The van der Waals surface area contributed by atoms with E-state index in [0.29, 0.717) is 6.04 Å². The van der Waals surface area contributed by atoms with Gasteiger partial charge in [-0.2, -0.15) is 0 Å². The minimum Gasteiger partial charge on any atom is -0.328 e. The fraction of sp³-hybridized carbons (Fsp3) is 0.818. The van der Waals surface area contributed by atoms with Crippen LogP contribution in [0.3, 0.4) is 0 Å². The first-order valence-corrected chi connectivity index (χ1v) is 5.22. The Bertz CT molecular complexity index is 193. The summed E-state index contributed by atoms with van der Waals surface area (Å²) >= 11 is 0. The summed E-state index contributed by atoms with van der Waals surface area (Å²) in [5, 5.41) is 0. The van der Waals surface area contributed by atoms with E-state index in [4.69, 9.17) is 5.73 Å². The van der Waals surface area contributed by atoms with Crippen LogP contribution in [0, 0.1) is 11.8 Å². The largest absolute Gasteiger partial charge is 0.328 e. The number of hydrogen-bond donors (Lipinski definition) is 1. The first kappa shape index (κ1) is 8.31. The summed E-state index contributed by atoms with van der Waals surface area (Å²) in [6.07, 6.45) is 8.90. The molecule has 0 saturated heterocycles. The van der Waals surface area contributed by atoms with Crippen LogP contribution in [0.1, 0.15) is 39.0 Å². The minimum absolute atomic E-state index is 0.473. The van der Waals surface area contributed by atoms with Crippen LogP contribution in [0.15, 0.2) is 11.6 Å². The Morgan fingerprint density at radius 2 is 2.00 bits per heavy atom. The molecule has 0 aromatic heterocycles. The number of nitrogens with two attached hydrogens (primary N) is 1. The third-order valence-electron chi connectivity index (χ3n) is 3.25. The van der Waals surface area contributed by atoms with E-state index in [9.17, 15) is 0 Å². The van der Waals surface area contributed by atoms with Gasteiger partial charge in [-0.25, -0.2) is 0 Å². The topological polar surface area (TPSA) is 26.0 Å². The minimum atomic E-state index is 0.473. The van der Waals surface area contributed by atoms with Crippen molar-refractivity contribution in [1.29, 1.82) is 0 Å². The molecule has 2 rings (SSSR count). The average Bonchev–Trinajstić information content (AvgIpc) is 2.75. The van der Waals surface area contributed by atoms with E-state index < -0.39 is 0 Å². The van der Waals surface area contributed by atoms with Crippen molar-refractivity contribution in [2.45, 2.75) is 45.1 Å². The lowest BCUT2D eigenvalue weighted by atomic mass is 9.98. The summed E-state index contributed by atoms with van der Waals surface area (Å²) < 4.78 is 0. The molecule has 12 heavy (non-hydrogen) atoms. The monoisotopic (exact) mass is 165 g/mol. The molecule has 1 saturated carbocycles. The van der Waals surface area contributed by atoms with Crippen molar-refractivity contribution in [2.24, 2.45) is 17.6 Å². The Balaban J connectivity index is 1.90. The Labute approximate surface area is 75.0 Å². The first-order chi connectivity index (χ1) is 5.75. The summed E-state index contributed by atoms with van der Waals surface area (Å²) in [6, 6.07) is 0.473. The molecule has 1 heteroatoms. The molecule has 1 nitrogen and oxygen atoms in total. The number of allylic oxidation sites excluding steroid dienone is 2. The highest BCUT2D eigenvalue weighted by Crippen LogP contribution is 2.40. The Kier molecular flexibility index (Phi) is 2.22. The normalized spacial score (nSPS) is 41.8. The molecular formula is C11H19N. The Hall–Kier alpha value is -0.300. The maximum atomic E-state index is 5.99. The molecule has 0 bridgehead atoms. The van der Waals surface area contributed by atoms with Crippen LogP contribution >= 0.6 is 0 Å². The van der Waals surface area contributed by atoms with Gasteiger partial charge in [-0.05, 0) is 43.9 Å². The van der Waals surface area contributed by atoms with E-state index in [-0.39, 0.29) is 0 Å². The summed E-state index contributed by atoms with van der Waals surface area (Å²) in [7, 11) is 0. The van der Waals surface area contributed by atoms with Gasteiger partial charge in [-0.15, -0.1) is 0 Å². The van der Waals surface area contributed by atoms with E-state index >= 15 is 0 Å². The highest BCUT2D eigenvalue weighted by atomic mass is 14.6. The molecule has 2 aliphatic rings. The third-order valence-corrected chi connectivity index (χ3v) is 3.25. The van der Waals surface area contributed by atoms with Gasteiger partial charge in [0.25, 0.3) is 0 Å². The predicted octanol–water partition coefficient (Wildman–Crippen LogP) is 2.47. The van der Waals surface area contributed by atoms with Crippen molar-refractivity contribution in [3.8, 4) is 0 Å². The smallest absolute Gasteiger partial charge is 0.00392 e. The maximum absolute atomic E-state index is 5.99. The SMILES string of the molecule is C[C@@H]1CC[C@@H](N)CC[C@@H]2C=C2C1. The zero-order valence-electron chi connectivity index (χ0n) is 7.92. The van der Waals surface area contributed by atoms with Gasteiger partial charge in [0.2, 0.25) is 0 Å². The zero-order chi connectivity index (χ0) is 8.55. The fourth-order valence-electron chi connectivity index (χ4n) is 2.24. The Morgan fingerprint density at radius 3 is 2.83 bits per heavy atom. The molecule has 2 aliphatic carbocycles. The van der Waals surface area contributed by atoms with Crippen molar-refractivity contribution < 1.29 is 0 Å². The third kappa shape index (κ3) is 1.89. The molecule has 0 unspecified atom stereocenters. The van der Waals surface area contributed by atoms with E-state index in [1.807, 2.05) is 0 Å². The van der Waals surface area contributed by atoms with Crippen LogP contribution < -0.4 is 5.73 Å². The van der Waals surface area contributed by atoms with E-state index in [1.165, 1.54) is 32.1 Å². The molecule has 2 N–H and O–H groups in total.